The Morgan fingerprint density at radius 3 is 2.67 bits per heavy atom. The average molecular weight is 216 g/mol. The Hall–Kier alpha value is -1.61. The van der Waals surface area contributed by atoms with Gasteiger partial charge in [0.05, 0.1) is 17.1 Å². The molecule has 0 saturated carbocycles. The summed E-state index contributed by atoms with van der Waals surface area (Å²) in [6, 6.07) is 11.7. The zero-order valence-corrected chi connectivity index (χ0v) is 9.29. The van der Waals surface area contributed by atoms with Crippen molar-refractivity contribution in [3.05, 3.63) is 46.7 Å². The quantitative estimate of drug-likeness (QED) is 0.606. The van der Waals surface area contributed by atoms with Crippen molar-refractivity contribution in [2.45, 2.75) is 6.92 Å². The Kier molecular flexibility index (Phi) is 2.83. The molecular weight excluding hydrogens is 204 g/mol. The average Bonchev–Trinajstić information content (AvgIpc) is 2.74. The van der Waals surface area contributed by atoms with Gasteiger partial charge in [0.25, 0.3) is 0 Å². The summed E-state index contributed by atoms with van der Waals surface area (Å²) in [7, 11) is 0. The second-order valence-electron chi connectivity index (χ2n) is 3.23. The first kappa shape index (κ1) is 9.93. The predicted octanol–water partition coefficient (Wildman–Crippen LogP) is 3.47. The first-order chi connectivity index (χ1) is 7.27. The number of hydrogen-bond acceptors (Lipinski definition) is 3. The molecule has 1 aromatic heterocycles. The molecule has 0 aliphatic heterocycles. The fraction of sp³-hybridized carbons (Fsp3) is 0.0833. The second-order valence-corrected chi connectivity index (χ2v) is 4.18. The number of rotatable bonds is 2. The van der Waals surface area contributed by atoms with Gasteiger partial charge in [-0.3, -0.25) is 4.99 Å². The molecule has 1 aromatic carbocycles. The van der Waals surface area contributed by atoms with Crippen molar-refractivity contribution in [3.63, 3.8) is 0 Å². The molecule has 3 heteroatoms. The number of aliphatic imine (C=N–C) groups is 1. The number of nitrogens with zero attached hydrogens (tertiary/aromatic N) is 1. The van der Waals surface area contributed by atoms with Gasteiger partial charge in [0, 0.05) is 4.88 Å². The maximum Gasteiger partial charge on any atom is 0.0862 e. The standard InChI is InChI=1S/C12H12N2S/c1-9(12-7-4-8-15-12)14-11-6-3-2-5-10(11)13/h2-8H,13H2,1H3. The van der Waals surface area contributed by atoms with Crippen LogP contribution in [-0.4, -0.2) is 5.71 Å². The SMILES string of the molecule is CC(=Nc1ccccc1N)c1cccs1. The first-order valence-electron chi connectivity index (χ1n) is 4.71. The van der Waals surface area contributed by atoms with Crippen molar-refractivity contribution in [1.82, 2.24) is 0 Å². The minimum atomic E-state index is 0.716. The molecule has 2 nitrogen and oxygen atoms in total. The van der Waals surface area contributed by atoms with Gasteiger partial charge in [-0.25, -0.2) is 0 Å². The van der Waals surface area contributed by atoms with Gasteiger partial charge < -0.3 is 5.73 Å². The van der Waals surface area contributed by atoms with E-state index in [0.29, 0.717) is 5.69 Å². The van der Waals surface area contributed by atoms with E-state index in [0.717, 1.165) is 11.4 Å². The lowest BCUT2D eigenvalue weighted by molar-refractivity contribution is 1.49. The van der Waals surface area contributed by atoms with Crippen LogP contribution in [0.1, 0.15) is 11.8 Å². The first-order valence-corrected chi connectivity index (χ1v) is 5.59. The van der Waals surface area contributed by atoms with Crippen LogP contribution in [-0.2, 0) is 0 Å². The summed E-state index contributed by atoms with van der Waals surface area (Å²) in [5, 5.41) is 2.04. The molecule has 0 unspecified atom stereocenters. The zero-order valence-electron chi connectivity index (χ0n) is 8.47. The molecule has 0 radical (unpaired) electrons. The highest BCUT2D eigenvalue weighted by Crippen LogP contribution is 2.22. The third-order valence-electron chi connectivity index (χ3n) is 2.10. The lowest BCUT2D eigenvalue weighted by Gasteiger charge is -2.00. The van der Waals surface area contributed by atoms with E-state index in [1.165, 1.54) is 4.88 Å². The van der Waals surface area contributed by atoms with Crippen LogP contribution in [0.15, 0.2) is 46.8 Å². The summed E-state index contributed by atoms with van der Waals surface area (Å²) in [5.41, 5.74) is 8.37. The largest absolute Gasteiger partial charge is 0.397 e. The third-order valence-corrected chi connectivity index (χ3v) is 3.08. The maximum absolute atomic E-state index is 5.82. The number of nitrogen functional groups attached to an aromatic ring is 1. The Bertz CT molecular complexity index is 472. The van der Waals surface area contributed by atoms with Crippen LogP contribution in [0.25, 0.3) is 0 Å². The molecule has 0 atom stereocenters. The van der Waals surface area contributed by atoms with Crippen LogP contribution in [0.2, 0.25) is 0 Å². The van der Waals surface area contributed by atoms with Crippen LogP contribution in [0, 0.1) is 0 Å². The van der Waals surface area contributed by atoms with Gasteiger partial charge in [-0.05, 0) is 30.5 Å². The van der Waals surface area contributed by atoms with Gasteiger partial charge in [0.1, 0.15) is 0 Å². The number of nitrogens with two attached hydrogens (primary N) is 1. The molecular formula is C12H12N2S. The highest BCUT2D eigenvalue weighted by atomic mass is 32.1. The van der Waals surface area contributed by atoms with Crippen LogP contribution in [0.5, 0.6) is 0 Å². The Morgan fingerprint density at radius 2 is 2.00 bits per heavy atom. The molecule has 2 rings (SSSR count). The summed E-state index contributed by atoms with van der Waals surface area (Å²) in [6.45, 7) is 2.00. The van der Waals surface area contributed by atoms with Gasteiger partial charge in [-0.2, -0.15) is 0 Å². The number of hydrogen-bond donors (Lipinski definition) is 1. The van der Waals surface area contributed by atoms with Gasteiger partial charge in [0.2, 0.25) is 0 Å². The summed E-state index contributed by atoms with van der Waals surface area (Å²) in [6.07, 6.45) is 0. The lowest BCUT2D eigenvalue weighted by Crippen LogP contribution is -1.91. The molecule has 0 fully saturated rings. The van der Waals surface area contributed by atoms with Crippen molar-refractivity contribution in [2.24, 2.45) is 4.99 Å². The Morgan fingerprint density at radius 1 is 1.20 bits per heavy atom. The summed E-state index contributed by atoms with van der Waals surface area (Å²) in [4.78, 5) is 5.68. The number of benzene rings is 1. The minimum Gasteiger partial charge on any atom is -0.397 e. The van der Waals surface area contributed by atoms with Crippen molar-refractivity contribution >= 4 is 28.4 Å². The number of anilines is 1. The highest BCUT2D eigenvalue weighted by Gasteiger charge is 2.00. The molecule has 0 aliphatic rings. The van der Waals surface area contributed by atoms with Gasteiger partial charge in [0.15, 0.2) is 0 Å². The van der Waals surface area contributed by atoms with Gasteiger partial charge in [-0.1, -0.05) is 18.2 Å². The molecule has 0 aliphatic carbocycles. The van der Waals surface area contributed by atoms with E-state index in [1.807, 2.05) is 42.6 Å². The van der Waals surface area contributed by atoms with Crippen molar-refractivity contribution in [3.8, 4) is 0 Å². The van der Waals surface area contributed by atoms with E-state index in [2.05, 4.69) is 11.1 Å². The highest BCUT2D eigenvalue weighted by molar-refractivity contribution is 7.12. The molecule has 1 heterocycles. The van der Waals surface area contributed by atoms with E-state index in [9.17, 15) is 0 Å². The maximum atomic E-state index is 5.82. The Labute approximate surface area is 93.1 Å². The molecule has 0 saturated heterocycles. The van der Waals surface area contributed by atoms with E-state index in [1.54, 1.807) is 11.3 Å². The van der Waals surface area contributed by atoms with Crippen LogP contribution < -0.4 is 5.73 Å². The molecule has 0 amide bonds. The van der Waals surface area contributed by atoms with E-state index in [-0.39, 0.29) is 0 Å². The second kappa shape index (κ2) is 4.28. The summed E-state index contributed by atoms with van der Waals surface area (Å²) >= 11 is 1.68. The zero-order chi connectivity index (χ0) is 10.7. The van der Waals surface area contributed by atoms with Crippen LogP contribution in [0.3, 0.4) is 0 Å². The monoisotopic (exact) mass is 216 g/mol. The lowest BCUT2D eigenvalue weighted by atomic mass is 10.2. The van der Waals surface area contributed by atoms with Crippen molar-refractivity contribution in [1.29, 1.82) is 0 Å². The van der Waals surface area contributed by atoms with Gasteiger partial charge in [-0.15, -0.1) is 11.3 Å². The van der Waals surface area contributed by atoms with E-state index >= 15 is 0 Å². The summed E-state index contributed by atoms with van der Waals surface area (Å²) in [5.74, 6) is 0. The number of thiophene rings is 1. The normalized spacial score (nSPS) is 11.7. The van der Waals surface area contributed by atoms with E-state index < -0.39 is 0 Å². The third kappa shape index (κ3) is 2.25. The minimum absolute atomic E-state index is 0.716. The van der Waals surface area contributed by atoms with Crippen molar-refractivity contribution < 1.29 is 0 Å². The van der Waals surface area contributed by atoms with Gasteiger partial charge >= 0.3 is 0 Å². The molecule has 0 bridgehead atoms. The molecule has 76 valence electrons. The molecule has 15 heavy (non-hydrogen) atoms. The smallest absolute Gasteiger partial charge is 0.0862 e. The topological polar surface area (TPSA) is 38.4 Å². The predicted molar refractivity (Wildman–Crippen MR) is 67.0 cm³/mol. The van der Waals surface area contributed by atoms with Crippen molar-refractivity contribution in [2.75, 3.05) is 5.73 Å². The van der Waals surface area contributed by atoms with Crippen LogP contribution >= 0.6 is 11.3 Å². The molecule has 2 aromatic rings. The van der Waals surface area contributed by atoms with E-state index in [4.69, 9.17) is 5.73 Å². The number of para-hydroxylation sites is 2. The fourth-order valence-corrected chi connectivity index (χ4v) is 1.99. The van der Waals surface area contributed by atoms with Crippen LogP contribution in [0.4, 0.5) is 11.4 Å². The molecule has 0 spiro atoms. The molecule has 2 N–H and O–H groups in total. The summed E-state index contributed by atoms with van der Waals surface area (Å²) < 4.78 is 0. The Balaban J connectivity index is 2.35. The fourth-order valence-electron chi connectivity index (χ4n) is 1.31.